The van der Waals surface area contributed by atoms with Crippen molar-refractivity contribution in [1.82, 2.24) is 4.98 Å². The topological polar surface area (TPSA) is 96.8 Å². The van der Waals surface area contributed by atoms with Gasteiger partial charge in [-0.15, -0.1) is 0 Å². The maximum Gasteiger partial charge on any atom is 0.350 e. The zero-order chi connectivity index (χ0) is 26.1. The van der Waals surface area contributed by atoms with E-state index < -0.39 is 41.1 Å². The summed E-state index contributed by atoms with van der Waals surface area (Å²) in [6.45, 7) is 6.54. The number of benzene rings is 2. The Morgan fingerprint density at radius 1 is 1.19 bits per heavy atom. The highest BCUT2D eigenvalue weighted by Gasteiger charge is 2.48. The van der Waals surface area contributed by atoms with Gasteiger partial charge in [0, 0.05) is 5.56 Å². The van der Waals surface area contributed by atoms with E-state index in [4.69, 9.17) is 4.74 Å². The molecule has 10 heteroatoms. The zero-order valence-corrected chi connectivity index (χ0v) is 20.1. The number of carbonyl (C=O) groups is 3. The maximum absolute atomic E-state index is 14.2. The summed E-state index contributed by atoms with van der Waals surface area (Å²) < 4.78 is 33.0. The molecule has 1 aliphatic rings. The minimum absolute atomic E-state index is 0.00335. The van der Waals surface area contributed by atoms with Crippen molar-refractivity contribution < 1.29 is 33.0 Å². The van der Waals surface area contributed by atoms with E-state index in [1.54, 1.807) is 13.8 Å². The van der Waals surface area contributed by atoms with E-state index in [1.807, 2.05) is 0 Å². The highest BCUT2D eigenvalue weighted by Crippen LogP contribution is 2.44. The monoisotopic (exact) mass is 510 g/mol. The normalized spacial score (nSPS) is 16.9. The third kappa shape index (κ3) is 4.42. The molecule has 3 aromatic rings. The fourth-order valence-corrected chi connectivity index (χ4v) is 4.75. The first-order valence-corrected chi connectivity index (χ1v) is 11.5. The number of rotatable bonds is 6. The Hall–Kier alpha value is -4.18. The number of aliphatic hydroxyl groups is 1. The molecule has 0 saturated carbocycles. The van der Waals surface area contributed by atoms with E-state index in [0.717, 1.165) is 34.4 Å². The van der Waals surface area contributed by atoms with Crippen molar-refractivity contribution in [3.05, 3.63) is 99.6 Å². The molecule has 184 valence electrons. The molecule has 0 radical (unpaired) electrons. The number of ether oxygens (including phenoxy) is 1. The van der Waals surface area contributed by atoms with Gasteiger partial charge in [0.15, 0.2) is 5.13 Å². The highest BCUT2D eigenvalue weighted by atomic mass is 32.1. The molecule has 0 bridgehead atoms. The summed E-state index contributed by atoms with van der Waals surface area (Å²) in [4.78, 5) is 44.2. The van der Waals surface area contributed by atoms with Crippen LogP contribution in [0.25, 0.3) is 5.76 Å². The molecule has 0 spiro atoms. The van der Waals surface area contributed by atoms with Crippen molar-refractivity contribution in [1.29, 1.82) is 0 Å². The van der Waals surface area contributed by atoms with Crippen LogP contribution >= 0.6 is 11.3 Å². The molecule has 1 unspecified atom stereocenters. The zero-order valence-electron chi connectivity index (χ0n) is 19.2. The first-order valence-electron chi connectivity index (χ1n) is 10.7. The van der Waals surface area contributed by atoms with Crippen LogP contribution in [0.2, 0.25) is 0 Å². The Morgan fingerprint density at radius 2 is 1.89 bits per heavy atom. The third-order valence-corrected chi connectivity index (χ3v) is 6.72. The lowest BCUT2D eigenvalue weighted by Gasteiger charge is -2.23. The minimum atomic E-state index is -1.21. The number of nitrogens with zero attached hydrogens (tertiary/aromatic N) is 2. The van der Waals surface area contributed by atoms with E-state index in [9.17, 15) is 28.3 Å². The molecule has 7 nitrogen and oxygen atoms in total. The lowest BCUT2D eigenvalue weighted by atomic mass is 9.95. The molecular weight excluding hydrogens is 490 g/mol. The smallest absolute Gasteiger partial charge is 0.350 e. The van der Waals surface area contributed by atoms with Crippen molar-refractivity contribution in [2.75, 3.05) is 11.5 Å². The molecule has 4 rings (SSSR count). The van der Waals surface area contributed by atoms with Crippen molar-refractivity contribution in [2.45, 2.75) is 19.9 Å². The number of thiazole rings is 1. The second kappa shape index (κ2) is 9.82. The van der Waals surface area contributed by atoms with Crippen LogP contribution in [0, 0.1) is 25.5 Å². The fourth-order valence-electron chi connectivity index (χ4n) is 3.76. The number of Topliss-reactive ketones (excluding diaryl/α,β-unsaturated/α-hetero) is 1. The van der Waals surface area contributed by atoms with Crippen LogP contribution in [0.3, 0.4) is 0 Å². The number of ketones is 1. The number of aliphatic hydroxyl groups excluding tert-OH is 1. The van der Waals surface area contributed by atoms with Gasteiger partial charge >= 0.3 is 11.9 Å². The average molecular weight is 511 g/mol. The third-order valence-electron chi connectivity index (χ3n) is 5.58. The van der Waals surface area contributed by atoms with Gasteiger partial charge in [-0.05, 0) is 43.2 Å². The second-order valence-corrected chi connectivity index (χ2v) is 8.96. The first kappa shape index (κ1) is 24.9. The van der Waals surface area contributed by atoms with E-state index in [1.165, 1.54) is 30.3 Å². The van der Waals surface area contributed by atoms with E-state index >= 15 is 0 Å². The number of hydrogen-bond donors (Lipinski definition) is 1. The van der Waals surface area contributed by atoms with E-state index in [0.29, 0.717) is 11.1 Å². The number of carbonyl (C=O) groups excluding carboxylic acids is 3. The van der Waals surface area contributed by atoms with Crippen LogP contribution < -0.4 is 4.90 Å². The molecule has 1 amide bonds. The van der Waals surface area contributed by atoms with Crippen molar-refractivity contribution in [3.63, 3.8) is 0 Å². The number of aryl methyl sites for hydroxylation is 2. The summed E-state index contributed by atoms with van der Waals surface area (Å²) in [6.07, 6.45) is 1.40. The van der Waals surface area contributed by atoms with Gasteiger partial charge in [-0.1, -0.05) is 48.3 Å². The minimum Gasteiger partial charge on any atom is -0.507 e. The van der Waals surface area contributed by atoms with Crippen molar-refractivity contribution in [3.8, 4) is 0 Å². The Kier molecular flexibility index (Phi) is 6.80. The quantitative estimate of drug-likeness (QED) is 0.165. The molecule has 1 fully saturated rings. The fraction of sp³-hybridized carbons (Fsp3) is 0.154. The Balaban J connectivity index is 1.89. The molecule has 1 aromatic heterocycles. The standard InChI is InChI=1S/C26H20F2N2O5S/c1-4-11-35-25(34)23-14(3)29-26(36-23)30-20(15-7-9-17(27)10-8-15)19(22(32)24(30)33)21(31)16-6-5-13(2)18(28)12-16/h4-10,12,20,31H,1,11H2,2-3H3/b21-19-. The molecule has 2 aromatic carbocycles. The molecule has 1 N–H and O–H groups in total. The van der Waals surface area contributed by atoms with Crippen LogP contribution in [0.5, 0.6) is 0 Å². The Bertz CT molecular complexity index is 1430. The number of aromatic nitrogens is 1. The van der Waals surface area contributed by atoms with Crippen molar-refractivity contribution in [2.24, 2.45) is 0 Å². The first-order chi connectivity index (χ1) is 17.1. The van der Waals surface area contributed by atoms with Crippen molar-refractivity contribution >= 4 is 39.9 Å². The molecule has 1 aliphatic heterocycles. The van der Waals surface area contributed by atoms with Crippen LogP contribution in [0.1, 0.15) is 38.1 Å². The summed E-state index contributed by atoms with van der Waals surface area (Å²) in [6, 6.07) is 7.71. The molecule has 1 saturated heterocycles. The van der Waals surface area contributed by atoms with Gasteiger partial charge in [0.25, 0.3) is 5.78 Å². The molecular formula is C26H20F2N2O5S. The molecule has 36 heavy (non-hydrogen) atoms. The van der Waals surface area contributed by atoms with Gasteiger partial charge in [-0.2, -0.15) is 0 Å². The number of amides is 1. The SMILES string of the molecule is C=CCOC(=O)c1sc(N2C(=O)C(=O)/C(=C(\O)c3ccc(C)c(F)c3)C2c2ccc(F)cc2)nc1C. The summed E-state index contributed by atoms with van der Waals surface area (Å²) in [5.74, 6) is -4.48. The highest BCUT2D eigenvalue weighted by molar-refractivity contribution is 7.17. The Labute approximate surface area is 209 Å². The summed E-state index contributed by atoms with van der Waals surface area (Å²) in [5, 5.41) is 11.1. The summed E-state index contributed by atoms with van der Waals surface area (Å²) >= 11 is 0.831. The van der Waals surface area contributed by atoms with Gasteiger partial charge in [-0.3, -0.25) is 14.5 Å². The average Bonchev–Trinajstić information content (AvgIpc) is 3.36. The predicted molar refractivity (Wildman–Crippen MR) is 130 cm³/mol. The Morgan fingerprint density at radius 3 is 2.53 bits per heavy atom. The second-order valence-electron chi connectivity index (χ2n) is 7.98. The summed E-state index contributed by atoms with van der Waals surface area (Å²) in [7, 11) is 0. The van der Waals surface area contributed by atoms with E-state index in [2.05, 4.69) is 11.6 Å². The van der Waals surface area contributed by atoms with Gasteiger partial charge in [0.2, 0.25) is 0 Å². The van der Waals surface area contributed by atoms with E-state index in [-0.39, 0.29) is 33.4 Å². The van der Waals surface area contributed by atoms with Crippen LogP contribution in [0.15, 0.2) is 60.7 Å². The number of halogens is 2. The van der Waals surface area contributed by atoms with Gasteiger partial charge < -0.3 is 9.84 Å². The molecule has 2 heterocycles. The van der Waals surface area contributed by atoms with Crippen LogP contribution in [-0.4, -0.2) is 34.4 Å². The molecule has 0 aliphatic carbocycles. The number of hydrogen-bond acceptors (Lipinski definition) is 7. The molecule has 1 atom stereocenters. The van der Waals surface area contributed by atoms with Crippen LogP contribution in [0.4, 0.5) is 13.9 Å². The van der Waals surface area contributed by atoms with Gasteiger partial charge in [0.05, 0.1) is 17.3 Å². The lowest BCUT2D eigenvalue weighted by Crippen LogP contribution is -2.29. The largest absolute Gasteiger partial charge is 0.507 e. The van der Waals surface area contributed by atoms with Crippen LogP contribution in [-0.2, 0) is 14.3 Å². The predicted octanol–water partition coefficient (Wildman–Crippen LogP) is 5.01. The number of anilines is 1. The van der Waals surface area contributed by atoms with Gasteiger partial charge in [0.1, 0.15) is 28.9 Å². The summed E-state index contributed by atoms with van der Waals surface area (Å²) in [5.41, 5.74) is 0.569. The maximum atomic E-state index is 14.2. The lowest BCUT2D eigenvalue weighted by molar-refractivity contribution is -0.132. The van der Waals surface area contributed by atoms with Gasteiger partial charge in [-0.25, -0.2) is 18.6 Å². The number of esters is 1.